The molecule has 1 aromatic heterocycles. The Morgan fingerprint density at radius 2 is 0.852 bits per heavy atom. The zero-order valence-corrected chi connectivity index (χ0v) is 34.2. The van der Waals surface area contributed by atoms with Gasteiger partial charge in [-0.05, 0) is 48.5 Å². The number of aromatic nitrogens is 1. The van der Waals surface area contributed by atoms with Gasteiger partial charge in [-0.3, -0.25) is 0 Å². The number of hydrogen-bond donors (Lipinski definition) is 0. The Balaban J connectivity index is 0.000000385. The quantitative estimate of drug-likeness (QED) is 0.0381. The summed E-state index contributed by atoms with van der Waals surface area (Å²) >= 11 is 0. The second-order valence-electron chi connectivity index (χ2n) is 15.5. The minimum Gasteiger partial charge on any atom is -0.497 e. The van der Waals surface area contributed by atoms with Crippen LogP contribution < -0.4 is 18.8 Å². The first-order chi connectivity index (χ1) is 26.5. The standard InChI is InChI=1S/C36H52BO3.C13H16N/c1-5-6-7-8-9-10-11-12-13-14-27-37(28-31-15-21-34(38-2)22-16-31,29-32-17-23-35(39-3)24-18-32)30-33-19-25-36(40-4)26-20-33;1-2-3-10-14-11-6-8-12-7-4-5-9-13(12)14/h15-26H,5-14,27-30H2,1-4H3;4-9,11H,2-3,10H2,1H3/q-1;+1. The van der Waals surface area contributed by atoms with Crippen molar-refractivity contribution in [3.63, 3.8) is 0 Å². The van der Waals surface area contributed by atoms with E-state index in [9.17, 15) is 0 Å². The second-order valence-corrected chi connectivity index (χ2v) is 15.5. The van der Waals surface area contributed by atoms with Gasteiger partial charge in [-0.15, -0.1) is 0 Å². The molecule has 5 aromatic rings. The van der Waals surface area contributed by atoms with E-state index in [0.717, 1.165) is 42.8 Å². The van der Waals surface area contributed by atoms with Crippen molar-refractivity contribution in [1.29, 1.82) is 0 Å². The average molecular weight is 730 g/mol. The highest BCUT2D eigenvalue weighted by atomic mass is 16.5. The highest BCUT2D eigenvalue weighted by Crippen LogP contribution is 2.31. The maximum Gasteiger partial charge on any atom is 0.212 e. The summed E-state index contributed by atoms with van der Waals surface area (Å²) in [6, 6.07) is 39.0. The van der Waals surface area contributed by atoms with Gasteiger partial charge in [-0.1, -0.05) is 150 Å². The van der Waals surface area contributed by atoms with Crippen LogP contribution in [-0.2, 0) is 25.5 Å². The second kappa shape index (κ2) is 24.2. The molecule has 4 aromatic carbocycles. The third-order valence-corrected chi connectivity index (χ3v) is 11.2. The van der Waals surface area contributed by atoms with Crippen molar-refractivity contribution < 1.29 is 18.8 Å². The molecule has 0 fully saturated rings. The van der Waals surface area contributed by atoms with Crippen molar-refractivity contribution >= 4 is 17.0 Å². The summed E-state index contributed by atoms with van der Waals surface area (Å²) in [6.45, 7) is 5.64. The summed E-state index contributed by atoms with van der Waals surface area (Å²) in [6.07, 6.45) is 22.1. The monoisotopic (exact) mass is 730 g/mol. The Hall–Kier alpha value is -4.25. The van der Waals surface area contributed by atoms with Gasteiger partial charge in [-0.2, -0.15) is 29.8 Å². The highest BCUT2D eigenvalue weighted by Gasteiger charge is 2.26. The van der Waals surface area contributed by atoms with E-state index in [1.807, 2.05) is 0 Å². The number of hydrogen-bond acceptors (Lipinski definition) is 3. The molecule has 0 N–H and O–H groups in total. The molecular formula is C49H68BNO3. The van der Waals surface area contributed by atoms with Crippen LogP contribution in [0.3, 0.4) is 0 Å². The zero-order chi connectivity index (χ0) is 38.3. The SMILES string of the molecule is CCCCCCCCCCCC[B-](Cc1ccc(OC)cc1)(Cc1ccc(OC)cc1)Cc1ccc(OC)cc1.CCCC[n+]1cccc2ccccc21. The molecule has 5 heteroatoms. The lowest BCUT2D eigenvalue weighted by atomic mass is 9.16. The Morgan fingerprint density at radius 1 is 0.444 bits per heavy atom. The number of rotatable bonds is 23. The van der Waals surface area contributed by atoms with Gasteiger partial charge >= 0.3 is 0 Å². The van der Waals surface area contributed by atoms with Gasteiger partial charge in [0.15, 0.2) is 6.20 Å². The number of benzene rings is 4. The van der Waals surface area contributed by atoms with Crippen molar-refractivity contribution in [2.24, 2.45) is 0 Å². The van der Waals surface area contributed by atoms with Crippen molar-refractivity contribution in [2.75, 3.05) is 21.3 Å². The van der Waals surface area contributed by atoms with Gasteiger partial charge in [0.2, 0.25) is 5.52 Å². The van der Waals surface area contributed by atoms with Gasteiger partial charge in [0.1, 0.15) is 23.8 Å². The van der Waals surface area contributed by atoms with E-state index < -0.39 is 6.15 Å². The van der Waals surface area contributed by atoms with Crippen LogP contribution in [0.15, 0.2) is 115 Å². The largest absolute Gasteiger partial charge is 0.497 e. The molecule has 5 rings (SSSR count). The van der Waals surface area contributed by atoms with Crippen molar-refractivity contribution in [2.45, 2.75) is 123 Å². The predicted octanol–water partition coefficient (Wildman–Crippen LogP) is 12.7. The van der Waals surface area contributed by atoms with E-state index in [1.54, 1.807) is 21.3 Å². The van der Waals surface area contributed by atoms with Crippen LogP contribution in [-0.4, -0.2) is 27.5 Å². The van der Waals surface area contributed by atoms with Crippen molar-refractivity contribution in [3.05, 3.63) is 132 Å². The third kappa shape index (κ3) is 14.5. The smallest absolute Gasteiger partial charge is 0.212 e. The number of methoxy groups -OCH3 is 3. The van der Waals surface area contributed by atoms with Crippen LogP contribution >= 0.6 is 0 Å². The normalized spacial score (nSPS) is 11.2. The van der Waals surface area contributed by atoms with Gasteiger partial charge in [-0.25, -0.2) is 0 Å². The maximum absolute atomic E-state index is 5.45. The fourth-order valence-corrected chi connectivity index (χ4v) is 8.12. The van der Waals surface area contributed by atoms with Crippen molar-refractivity contribution in [1.82, 2.24) is 0 Å². The van der Waals surface area contributed by atoms with Gasteiger partial charge in [0.25, 0.3) is 0 Å². The minimum atomic E-state index is -0.756. The van der Waals surface area contributed by atoms with E-state index in [1.165, 1.54) is 111 Å². The lowest BCUT2D eigenvalue weighted by Crippen LogP contribution is -2.43. The van der Waals surface area contributed by atoms with Gasteiger partial charge < -0.3 is 14.2 Å². The molecule has 0 spiro atoms. The summed E-state index contributed by atoms with van der Waals surface area (Å²) < 4.78 is 18.7. The van der Waals surface area contributed by atoms with E-state index >= 15 is 0 Å². The molecule has 0 unspecified atom stereocenters. The number of para-hydroxylation sites is 1. The number of fused-ring (bicyclic) bond motifs is 1. The van der Waals surface area contributed by atoms with Crippen LogP contribution in [0.25, 0.3) is 10.9 Å². The van der Waals surface area contributed by atoms with Crippen LogP contribution in [0.4, 0.5) is 0 Å². The molecule has 290 valence electrons. The lowest BCUT2D eigenvalue weighted by Gasteiger charge is -2.41. The van der Waals surface area contributed by atoms with Gasteiger partial charge in [0, 0.05) is 30.1 Å². The first-order valence-electron chi connectivity index (χ1n) is 21.0. The molecule has 0 radical (unpaired) electrons. The third-order valence-electron chi connectivity index (χ3n) is 11.2. The Bertz CT molecular complexity index is 1590. The Morgan fingerprint density at radius 3 is 1.30 bits per heavy atom. The molecule has 4 nitrogen and oxygen atoms in total. The molecule has 0 amide bonds. The van der Waals surface area contributed by atoms with E-state index in [0.29, 0.717) is 0 Å². The van der Waals surface area contributed by atoms with E-state index in [4.69, 9.17) is 14.2 Å². The Labute approximate surface area is 328 Å². The van der Waals surface area contributed by atoms with Crippen LogP contribution in [0.1, 0.15) is 108 Å². The summed E-state index contributed by atoms with van der Waals surface area (Å²) in [4.78, 5) is 0. The molecule has 0 saturated heterocycles. The van der Waals surface area contributed by atoms with E-state index in [-0.39, 0.29) is 0 Å². The minimum absolute atomic E-state index is 0.756. The molecular weight excluding hydrogens is 661 g/mol. The lowest BCUT2D eigenvalue weighted by molar-refractivity contribution is -0.671. The number of ether oxygens (including phenoxy) is 3. The first-order valence-corrected chi connectivity index (χ1v) is 21.0. The number of aryl methyl sites for hydroxylation is 1. The molecule has 1 heterocycles. The van der Waals surface area contributed by atoms with E-state index in [2.05, 4.69) is 134 Å². The molecule has 0 atom stereocenters. The zero-order valence-electron chi connectivity index (χ0n) is 34.2. The summed E-state index contributed by atoms with van der Waals surface area (Å²) in [5.74, 6) is 2.76. The molecule has 0 aliphatic carbocycles. The van der Waals surface area contributed by atoms with Crippen molar-refractivity contribution in [3.8, 4) is 17.2 Å². The first kappa shape index (κ1) is 42.5. The fraction of sp³-hybridized carbons (Fsp3) is 0.449. The summed E-state index contributed by atoms with van der Waals surface area (Å²) in [5.41, 5.74) is 5.53. The molecule has 0 aliphatic rings. The average Bonchev–Trinajstić information content (AvgIpc) is 3.22. The fourth-order valence-electron chi connectivity index (χ4n) is 8.12. The predicted molar refractivity (Wildman–Crippen MR) is 232 cm³/mol. The molecule has 0 aliphatic heterocycles. The van der Waals surface area contributed by atoms with Crippen LogP contribution in [0.5, 0.6) is 17.2 Å². The van der Waals surface area contributed by atoms with Crippen LogP contribution in [0.2, 0.25) is 6.32 Å². The highest BCUT2D eigenvalue weighted by molar-refractivity contribution is 6.78. The summed E-state index contributed by atoms with van der Waals surface area (Å²) in [5, 5.41) is 1.33. The molecule has 54 heavy (non-hydrogen) atoms. The number of pyridine rings is 1. The van der Waals surface area contributed by atoms with Crippen LogP contribution in [0, 0.1) is 0 Å². The van der Waals surface area contributed by atoms with Gasteiger partial charge in [0.05, 0.1) is 21.3 Å². The summed E-state index contributed by atoms with van der Waals surface area (Å²) in [7, 11) is 5.21. The molecule has 0 saturated carbocycles. The number of unbranched alkanes of at least 4 members (excludes halogenated alkanes) is 10. The number of nitrogens with zero attached hydrogens (tertiary/aromatic N) is 1. The topological polar surface area (TPSA) is 31.6 Å². The molecule has 0 bridgehead atoms. The Kier molecular flexibility index (Phi) is 19.1. The maximum atomic E-state index is 5.45.